The van der Waals surface area contributed by atoms with Crippen molar-refractivity contribution in [1.29, 1.82) is 0 Å². The van der Waals surface area contributed by atoms with Crippen molar-refractivity contribution in [3.8, 4) is 0 Å². The van der Waals surface area contributed by atoms with Gasteiger partial charge in [0.15, 0.2) is 0 Å². The summed E-state index contributed by atoms with van der Waals surface area (Å²) in [5, 5.41) is 3.74. The predicted octanol–water partition coefficient (Wildman–Crippen LogP) is 5.83. The SMILES string of the molecule is CC[C@@H](C)NC(=O)[C@@H](Cc1ccccc1)N(Cc1ccc(Cl)cc1)C(=O)CCc1ccccc1. The van der Waals surface area contributed by atoms with Gasteiger partial charge in [-0.25, -0.2) is 0 Å². The molecule has 0 radical (unpaired) electrons. The second-order valence-electron chi connectivity index (χ2n) is 8.66. The smallest absolute Gasteiger partial charge is 0.243 e. The van der Waals surface area contributed by atoms with Crippen LogP contribution in [0.4, 0.5) is 0 Å². The van der Waals surface area contributed by atoms with Crippen LogP contribution in [0.2, 0.25) is 5.02 Å². The van der Waals surface area contributed by atoms with E-state index in [-0.39, 0.29) is 17.9 Å². The summed E-state index contributed by atoms with van der Waals surface area (Å²) >= 11 is 6.08. The average molecular weight is 477 g/mol. The minimum atomic E-state index is -0.615. The molecule has 1 N–H and O–H groups in total. The summed E-state index contributed by atoms with van der Waals surface area (Å²) in [4.78, 5) is 28.8. The molecule has 5 heteroatoms. The van der Waals surface area contributed by atoms with Gasteiger partial charge in [-0.3, -0.25) is 9.59 Å². The van der Waals surface area contributed by atoms with Crippen molar-refractivity contribution < 1.29 is 9.59 Å². The van der Waals surface area contributed by atoms with E-state index in [1.54, 1.807) is 4.90 Å². The summed E-state index contributed by atoms with van der Waals surface area (Å²) in [5.41, 5.74) is 3.06. The monoisotopic (exact) mass is 476 g/mol. The van der Waals surface area contributed by atoms with E-state index < -0.39 is 6.04 Å². The summed E-state index contributed by atoms with van der Waals surface area (Å²) in [6.07, 6.45) is 2.23. The minimum absolute atomic E-state index is 0.0302. The third kappa shape index (κ3) is 7.74. The Bertz CT molecular complexity index is 1040. The van der Waals surface area contributed by atoms with Gasteiger partial charge in [0.2, 0.25) is 11.8 Å². The highest BCUT2D eigenvalue weighted by molar-refractivity contribution is 6.30. The number of carbonyl (C=O) groups excluding carboxylic acids is 2. The molecule has 0 unspecified atom stereocenters. The van der Waals surface area contributed by atoms with Crippen molar-refractivity contribution in [2.75, 3.05) is 0 Å². The van der Waals surface area contributed by atoms with Gasteiger partial charge >= 0.3 is 0 Å². The number of nitrogens with zero attached hydrogens (tertiary/aromatic N) is 1. The zero-order chi connectivity index (χ0) is 24.3. The van der Waals surface area contributed by atoms with Gasteiger partial charge in [-0.15, -0.1) is 0 Å². The summed E-state index contributed by atoms with van der Waals surface area (Å²) in [6.45, 7) is 4.36. The van der Waals surface area contributed by atoms with Crippen molar-refractivity contribution >= 4 is 23.4 Å². The van der Waals surface area contributed by atoms with E-state index in [9.17, 15) is 9.59 Å². The van der Waals surface area contributed by atoms with Gasteiger partial charge in [0.25, 0.3) is 0 Å². The Balaban J connectivity index is 1.90. The number of nitrogens with one attached hydrogen (secondary N) is 1. The lowest BCUT2D eigenvalue weighted by Gasteiger charge is -2.32. The van der Waals surface area contributed by atoms with Crippen molar-refractivity contribution in [2.24, 2.45) is 0 Å². The topological polar surface area (TPSA) is 49.4 Å². The molecular formula is C29H33ClN2O2. The van der Waals surface area contributed by atoms with E-state index in [1.807, 2.05) is 98.8 Å². The first-order valence-electron chi connectivity index (χ1n) is 11.9. The van der Waals surface area contributed by atoms with Gasteiger partial charge in [0.1, 0.15) is 6.04 Å². The Morgan fingerprint density at radius 1 is 0.853 bits per heavy atom. The van der Waals surface area contributed by atoms with Crippen LogP contribution in [0.25, 0.3) is 0 Å². The first-order valence-corrected chi connectivity index (χ1v) is 12.3. The first kappa shape index (κ1) is 25.5. The molecule has 0 bridgehead atoms. The van der Waals surface area contributed by atoms with Gasteiger partial charge in [-0.2, -0.15) is 0 Å². The Hall–Kier alpha value is -3.11. The number of benzene rings is 3. The van der Waals surface area contributed by atoms with Crippen LogP contribution in [0.15, 0.2) is 84.9 Å². The van der Waals surface area contributed by atoms with Crippen LogP contribution in [0.3, 0.4) is 0 Å². The maximum atomic E-state index is 13.6. The highest BCUT2D eigenvalue weighted by Gasteiger charge is 2.30. The minimum Gasteiger partial charge on any atom is -0.352 e. The number of aryl methyl sites for hydroxylation is 1. The molecule has 34 heavy (non-hydrogen) atoms. The van der Waals surface area contributed by atoms with E-state index in [4.69, 9.17) is 11.6 Å². The largest absolute Gasteiger partial charge is 0.352 e. The predicted molar refractivity (Wildman–Crippen MR) is 139 cm³/mol. The highest BCUT2D eigenvalue weighted by atomic mass is 35.5. The molecule has 4 nitrogen and oxygen atoms in total. The van der Waals surface area contributed by atoms with Crippen LogP contribution in [-0.2, 0) is 29.0 Å². The van der Waals surface area contributed by atoms with Crippen LogP contribution >= 0.6 is 11.6 Å². The molecule has 0 spiro atoms. The van der Waals surface area contributed by atoms with E-state index in [0.717, 1.165) is 23.1 Å². The number of halogens is 1. The van der Waals surface area contributed by atoms with Crippen molar-refractivity contribution in [1.82, 2.24) is 10.2 Å². The van der Waals surface area contributed by atoms with E-state index >= 15 is 0 Å². The lowest BCUT2D eigenvalue weighted by atomic mass is 10.0. The molecule has 0 saturated heterocycles. The zero-order valence-corrected chi connectivity index (χ0v) is 20.7. The molecule has 0 aliphatic carbocycles. The standard InChI is InChI=1S/C29H33ClN2O2/c1-3-22(2)31-29(34)27(20-24-12-8-5-9-13-24)32(21-25-14-17-26(30)18-15-25)28(33)19-16-23-10-6-4-7-11-23/h4-15,17-18,22,27H,3,16,19-21H2,1-2H3,(H,31,34)/t22-,27-/m1/s1. The van der Waals surface area contributed by atoms with Crippen LogP contribution in [0.5, 0.6) is 0 Å². The molecule has 3 rings (SSSR count). The van der Waals surface area contributed by atoms with Gasteiger partial charge < -0.3 is 10.2 Å². The van der Waals surface area contributed by atoms with Gasteiger partial charge in [-0.1, -0.05) is 91.3 Å². The van der Waals surface area contributed by atoms with Gasteiger partial charge in [-0.05, 0) is 48.6 Å². The molecule has 0 aliphatic heterocycles. The molecule has 0 aromatic heterocycles. The molecule has 0 fully saturated rings. The number of amides is 2. The van der Waals surface area contributed by atoms with Crippen molar-refractivity contribution in [2.45, 2.75) is 58.2 Å². The van der Waals surface area contributed by atoms with Crippen molar-refractivity contribution in [3.05, 3.63) is 107 Å². The average Bonchev–Trinajstić information content (AvgIpc) is 2.87. The zero-order valence-electron chi connectivity index (χ0n) is 19.9. The summed E-state index contributed by atoms with van der Waals surface area (Å²) < 4.78 is 0. The lowest BCUT2D eigenvalue weighted by molar-refractivity contribution is -0.141. The normalized spacial score (nSPS) is 12.6. The number of rotatable bonds is 11. The fraction of sp³-hybridized carbons (Fsp3) is 0.310. The molecule has 2 amide bonds. The number of hydrogen-bond donors (Lipinski definition) is 1. The molecule has 178 valence electrons. The maximum Gasteiger partial charge on any atom is 0.243 e. The summed E-state index contributed by atoms with van der Waals surface area (Å²) in [6, 6.07) is 26.7. The highest BCUT2D eigenvalue weighted by Crippen LogP contribution is 2.18. The van der Waals surface area contributed by atoms with Gasteiger partial charge in [0, 0.05) is 30.5 Å². The fourth-order valence-corrected chi connectivity index (χ4v) is 3.95. The maximum absolute atomic E-state index is 13.6. The second kappa shape index (κ2) is 13.0. The van der Waals surface area contributed by atoms with Crippen LogP contribution in [0.1, 0.15) is 43.4 Å². The lowest BCUT2D eigenvalue weighted by Crippen LogP contribution is -2.52. The molecule has 3 aromatic rings. The molecule has 3 aromatic carbocycles. The number of hydrogen-bond acceptors (Lipinski definition) is 2. The Morgan fingerprint density at radius 3 is 2.03 bits per heavy atom. The van der Waals surface area contributed by atoms with E-state index in [0.29, 0.717) is 30.8 Å². The van der Waals surface area contributed by atoms with E-state index in [1.165, 1.54) is 0 Å². The molecule has 0 heterocycles. The Labute approximate surface area is 207 Å². The van der Waals surface area contributed by atoms with Crippen LogP contribution < -0.4 is 5.32 Å². The Kier molecular flexibility index (Phi) is 9.72. The first-order chi connectivity index (χ1) is 16.5. The fourth-order valence-electron chi connectivity index (χ4n) is 3.82. The summed E-state index contributed by atoms with van der Waals surface area (Å²) in [5.74, 6) is -0.167. The van der Waals surface area contributed by atoms with Crippen molar-refractivity contribution in [3.63, 3.8) is 0 Å². The molecular weight excluding hydrogens is 444 g/mol. The summed E-state index contributed by atoms with van der Waals surface area (Å²) in [7, 11) is 0. The van der Waals surface area contributed by atoms with Crippen LogP contribution in [-0.4, -0.2) is 28.8 Å². The number of carbonyl (C=O) groups is 2. The molecule has 0 aliphatic rings. The third-order valence-electron chi connectivity index (χ3n) is 6.01. The van der Waals surface area contributed by atoms with E-state index in [2.05, 4.69) is 5.32 Å². The Morgan fingerprint density at radius 2 is 1.44 bits per heavy atom. The molecule has 2 atom stereocenters. The quantitative estimate of drug-likeness (QED) is 0.378. The van der Waals surface area contributed by atoms with Gasteiger partial charge in [0.05, 0.1) is 0 Å². The molecule has 0 saturated carbocycles. The third-order valence-corrected chi connectivity index (χ3v) is 6.26. The van der Waals surface area contributed by atoms with Crippen LogP contribution in [0, 0.1) is 0 Å². The second-order valence-corrected chi connectivity index (χ2v) is 9.09.